The van der Waals surface area contributed by atoms with Crippen LogP contribution >= 0.6 is 0 Å². The zero-order chi connectivity index (χ0) is 15.0. The number of anilines is 1. The van der Waals surface area contributed by atoms with Crippen molar-refractivity contribution in [2.24, 2.45) is 0 Å². The first-order chi connectivity index (χ1) is 9.58. The Kier molecular flexibility index (Phi) is 6.85. The molecule has 0 amide bonds. The molecule has 1 N–H and O–H groups in total. The van der Waals surface area contributed by atoms with Gasteiger partial charge in [0.2, 0.25) is 0 Å². The van der Waals surface area contributed by atoms with Crippen LogP contribution in [-0.4, -0.2) is 24.2 Å². The number of rotatable bonds is 8. The Morgan fingerprint density at radius 3 is 2.15 bits per heavy atom. The minimum absolute atomic E-state index is 0.396. The van der Waals surface area contributed by atoms with Gasteiger partial charge >= 0.3 is 5.97 Å². The van der Waals surface area contributed by atoms with E-state index in [1.165, 1.54) is 5.69 Å². The number of nitrogens with zero attached hydrogens (tertiary/aromatic N) is 1. The number of carboxylic acids is 1. The number of benzene rings is 1. The lowest BCUT2D eigenvalue weighted by molar-refractivity contribution is -0.132. The molecule has 0 atom stereocenters. The maximum absolute atomic E-state index is 10.7. The lowest BCUT2D eigenvalue weighted by atomic mass is 10.1. The van der Waals surface area contributed by atoms with Crippen molar-refractivity contribution in [2.45, 2.75) is 40.0 Å². The molecule has 0 aromatic heterocycles. The monoisotopic (exact) mass is 275 g/mol. The Balaban J connectivity index is 2.72. The van der Waals surface area contributed by atoms with Crippen molar-refractivity contribution in [1.29, 1.82) is 0 Å². The smallest absolute Gasteiger partial charge is 0.330 e. The molecule has 0 fully saturated rings. The summed E-state index contributed by atoms with van der Waals surface area (Å²) in [5.41, 5.74) is 2.78. The second-order valence-corrected chi connectivity index (χ2v) is 5.05. The summed E-state index contributed by atoms with van der Waals surface area (Å²) in [6, 6.07) is 8.42. The van der Waals surface area contributed by atoms with E-state index in [0.29, 0.717) is 12.0 Å². The number of carboxylic acid groups (broad SMARTS) is 1. The second kappa shape index (κ2) is 8.41. The number of carbonyl (C=O) groups is 1. The zero-order valence-electron chi connectivity index (χ0n) is 12.7. The molecular formula is C17H25NO2. The third-order valence-electron chi connectivity index (χ3n) is 3.27. The van der Waals surface area contributed by atoms with E-state index in [4.69, 9.17) is 5.11 Å². The summed E-state index contributed by atoms with van der Waals surface area (Å²) in [6.07, 6.45) is 4.71. The van der Waals surface area contributed by atoms with Crippen LogP contribution in [0.1, 0.15) is 39.2 Å². The SMILES string of the molecule is CCCN(CCC)c1ccc(CC=C(C)C(=O)O)cc1. The predicted molar refractivity (Wildman–Crippen MR) is 84.3 cm³/mol. The summed E-state index contributed by atoms with van der Waals surface area (Å²) in [5.74, 6) is -0.848. The van der Waals surface area contributed by atoms with Crippen LogP contribution < -0.4 is 4.90 Å². The van der Waals surface area contributed by atoms with E-state index in [1.807, 2.05) is 0 Å². The van der Waals surface area contributed by atoms with E-state index < -0.39 is 5.97 Å². The highest BCUT2D eigenvalue weighted by atomic mass is 16.4. The molecule has 3 heteroatoms. The largest absolute Gasteiger partial charge is 0.478 e. The molecule has 0 saturated carbocycles. The van der Waals surface area contributed by atoms with E-state index in [0.717, 1.165) is 31.5 Å². The Morgan fingerprint density at radius 2 is 1.70 bits per heavy atom. The summed E-state index contributed by atoms with van der Waals surface area (Å²) in [7, 11) is 0. The van der Waals surface area contributed by atoms with Gasteiger partial charge in [0.15, 0.2) is 0 Å². The molecule has 0 aliphatic rings. The fourth-order valence-corrected chi connectivity index (χ4v) is 2.11. The lowest BCUT2D eigenvalue weighted by Crippen LogP contribution is -2.24. The van der Waals surface area contributed by atoms with Crippen molar-refractivity contribution in [2.75, 3.05) is 18.0 Å². The minimum atomic E-state index is -0.848. The number of allylic oxidation sites excluding steroid dienone is 1. The highest BCUT2D eigenvalue weighted by Crippen LogP contribution is 2.17. The maximum atomic E-state index is 10.7. The van der Waals surface area contributed by atoms with Crippen molar-refractivity contribution in [3.8, 4) is 0 Å². The molecular weight excluding hydrogens is 250 g/mol. The van der Waals surface area contributed by atoms with Gasteiger partial charge in [-0.1, -0.05) is 32.1 Å². The van der Waals surface area contributed by atoms with Crippen LogP contribution in [0.3, 0.4) is 0 Å². The van der Waals surface area contributed by atoms with Crippen LogP contribution in [0.5, 0.6) is 0 Å². The summed E-state index contributed by atoms with van der Waals surface area (Å²) in [5, 5.41) is 8.82. The summed E-state index contributed by atoms with van der Waals surface area (Å²) >= 11 is 0. The standard InChI is InChI=1S/C17H25NO2/c1-4-12-18(13-5-2)16-10-8-15(9-11-16)7-6-14(3)17(19)20/h6,8-11H,4-5,7,12-13H2,1-3H3,(H,19,20). The lowest BCUT2D eigenvalue weighted by Gasteiger charge is -2.23. The van der Waals surface area contributed by atoms with E-state index in [1.54, 1.807) is 13.0 Å². The average Bonchev–Trinajstić information content (AvgIpc) is 2.45. The molecule has 0 bridgehead atoms. The van der Waals surface area contributed by atoms with E-state index in [9.17, 15) is 4.79 Å². The zero-order valence-corrected chi connectivity index (χ0v) is 12.7. The molecule has 0 aliphatic carbocycles. The second-order valence-electron chi connectivity index (χ2n) is 5.05. The van der Waals surface area contributed by atoms with Crippen molar-refractivity contribution >= 4 is 11.7 Å². The van der Waals surface area contributed by atoms with E-state index in [2.05, 4.69) is 43.0 Å². The molecule has 0 unspecified atom stereocenters. The summed E-state index contributed by atoms with van der Waals surface area (Å²) in [4.78, 5) is 13.1. The first-order valence-corrected chi connectivity index (χ1v) is 7.32. The molecule has 0 spiro atoms. The van der Waals surface area contributed by atoms with Crippen molar-refractivity contribution in [3.05, 3.63) is 41.5 Å². The molecule has 1 rings (SSSR count). The molecule has 3 nitrogen and oxygen atoms in total. The quantitative estimate of drug-likeness (QED) is 0.732. The molecule has 0 heterocycles. The Hall–Kier alpha value is -1.77. The predicted octanol–water partition coefficient (Wildman–Crippen LogP) is 3.89. The first kappa shape index (κ1) is 16.3. The van der Waals surface area contributed by atoms with Gasteiger partial charge in [-0.2, -0.15) is 0 Å². The molecule has 0 saturated heterocycles. The molecule has 110 valence electrons. The third kappa shape index (κ3) is 5.08. The highest BCUT2D eigenvalue weighted by Gasteiger charge is 2.04. The molecule has 0 aliphatic heterocycles. The van der Waals surface area contributed by atoms with Crippen molar-refractivity contribution in [1.82, 2.24) is 0 Å². The molecule has 0 radical (unpaired) electrons. The van der Waals surface area contributed by atoms with Gasteiger partial charge in [0.25, 0.3) is 0 Å². The van der Waals surface area contributed by atoms with Crippen LogP contribution in [0.4, 0.5) is 5.69 Å². The van der Waals surface area contributed by atoms with Crippen LogP contribution in [-0.2, 0) is 11.2 Å². The van der Waals surface area contributed by atoms with Crippen LogP contribution in [0.15, 0.2) is 35.9 Å². The van der Waals surface area contributed by atoms with Crippen molar-refractivity contribution in [3.63, 3.8) is 0 Å². The fourth-order valence-electron chi connectivity index (χ4n) is 2.11. The van der Waals surface area contributed by atoms with Crippen molar-refractivity contribution < 1.29 is 9.90 Å². The molecule has 20 heavy (non-hydrogen) atoms. The minimum Gasteiger partial charge on any atom is -0.478 e. The number of hydrogen-bond donors (Lipinski definition) is 1. The number of hydrogen-bond acceptors (Lipinski definition) is 2. The normalized spacial score (nSPS) is 11.4. The molecule has 1 aromatic carbocycles. The first-order valence-electron chi connectivity index (χ1n) is 7.32. The Bertz CT molecular complexity index is 443. The van der Waals surface area contributed by atoms with Gasteiger partial charge in [-0.05, 0) is 43.9 Å². The van der Waals surface area contributed by atoms with Gasteiger partial charge in [-0.25, -0.2) is 4.79 Å². The Labute approximate surface area is 121 Å². The average molecular weight is 275 g/mol. The third-order valence-corrected chi connectivity index (χ3v) is 3.27. The highest BCUT2D eigenvalue weighted by molar-refractivity contribution is 5.85. The number of aliphatic carboxylic acids is 1. The fraction of sp³-hybridized carbons (Fsp3) is 0.471. The summed E-state index contributed by atoms with van der Waals surface area (Å²) < 4.78 is 0. The van der Waals surface area contributed by atoms with Gasteiger partial charge in [-0.3, -0.25) is 0 Å². The van der Waals surface area contributed by atoms with Crippen LogP contribution in [0.25, 0.3) is 0 Å². The van der Waals surface area contributed by atoms with Crippen LogP contribution in [0, 0.1) is 0 Å². The maximum Gasteiger partial charge on any atom is 0.330 e. The van der Waals surface area contributed by atoms with E-state index >= 15 is 0 Å². The van der Waals surface area contributed by atoms with Gasteiger partial charge in [0.05, 0.1) is 0 Å². The van der Waals surface area contributed by atoms with Gasteiger partial charge < -0.3 is 10.0 Å². The van der Waals surface area contributed by atoms with Gasteiger partial charge in [-0.15, -0.1) is 0 Å². The van der Waals surface area contributed by atoms with Gasteiger partial charge in [0, 0.05) is 24.4 Å². The van der Waals surface area contributed by atoms with E-state index in [-0.39, 0.29) is 0 Å². The summed E-state index contributed by atoms with van der Waals surface area (Å²) in [6.45, 7) is 8.16. The molecule has 1 aromatic rings. The topological polar surface area (TPSA) is 40.5 Å². The van der Waals surface area contributed by atoms with Crippen LogP contribution in [0.2, 0.25) is 0 Å². The van der Waals surface area contributed by atoms with Gasteiger partial charge in [0.1, 0.15) is 0 Å². The Morgan fingerprint density at radius 1 is 1.15 bits per heavy atom.